The van der Waals surface area contributed by atoms with Gasteiger partial charge in [-0.05, 0) is 26.3 Å². The van der Waals surface area contributed by atoms with Crippen LogP contribution in [0.1, 0.15) is 39.3 Å². The number of hydrogen-bond donors (Lipinski definition) is 2. The summed E-state index contributed by atoms with van der Waals surface area (Å²) in [5, 5.41) is 6.55. The van der Waals surface area contributed by atoms with Gasteiger partial charge in [0.2, 0.25) is 11.8 Å². The highest BCUT2D eigenvalue weighted by atomic mass is 32.2. The molecule has 6 heteroatoms. The Balaban J connectivity index is 1.87. The van der Waals surface area contributed by atoms with Gasteiger partial charge in [0.25, 0.3) is 0 Å². The molecular weight excluding hydrogens is 322 g/mol. The van der Waals surface area contributed by atoms with Gasteiger partial charge in [-0.2, -0.15) is 0 Å². The number of thioether (sulfide) groups is 1. The van der Waals surface area contributed by atoms with Crippen molar-refractivity contribution in [1.82, 2.24) is 15.5 Å². The first-order valence-electron chi connectivity index (χ1n) is 8.25. The fourth-order valence-corrected chi connectivity index (χ4v) is 4.08. The van der Waals surface area contributed by atoms with Crippen molar-refractivity contribution in [2.24, 2.45) is 0 Å². The van der Waals surface area contributed by atoms with Gasteiger partial charge in [-0.3, -0.25) is 9.59 Å². The normalized spacial score (nSPS) is 19.2. The molecule has 0 unspecified atom stereocenters. The monoisotopic (exact) mass is 349 g/mol. The average Bonchev–Trinajstić information content (AvgIpc) is 3.03. The Labute approximate surface area is 148 Å². The van der Waals surface area contributed by atoms with E-state index >= 15 is 0 Å². The van der Waals surface area contributed by atoms with Crippen molar-refractivity contribution in [3.8, 4) is 0 Å². The number of nitrogens with one attached hydrogen (secondary N) is 2. The van der Waals surface area contributed by atoms with E-state index in [1.807, 2.05) is 18.2 Å². The molecule has 2 N–H and O–H groups in total. The highest BCUT2D eigenvalue weighted by Crippen LogP contribution is 2.21. The highest BCUT2D eigenvalue weighted by molar-refractivity contribution is 7.99. The van der Waals surface area contributed by atoms with Crippen molar-refractivity contribution in [3.63, 3.8) is 0 Å². The van der Waals surface area contributed by atoms with Gasteiger partial charge in [-0.15, -0.1) is 11.8 Å². The third kappa shape index (κ3) is 4.98. The van der Waals surface area contributed by atoms with Crippen molar-refractivity contribution in [3.05, 3.63) is 35.9 Å². The predicted molar refractivity (Wildman–Crippen MR) is 98.7 cm³/mol. The minimum atomic E-state index is -0.352. The van der Waals surface area contributed by atoms with Gasteiger partial charge in [0, 0.05) is 30.8 Å². The van der Waals surface area contributed by atoms with Crippen LogP contribution in [0.3, 0.4) is 0 Å². The van der Waals surface area contributed by atoms with Crippen LogP contribution in [0.25, 0.3) is 0 Å². The minimum Gasteiger partial charge on any atom is -0.352 e. The quantitative estimate of drug-likeness (QED) is 0.826. The SMILES string of the molecule is CC(=O)N1CSC[C@@H]1C(=O)NCC(C)(C)N[C@H](C)c1ccccc1. The van der Waals surface area contributed by atoms with Gasteiger partial charge in [0.15, 0.2) is 0 Å². The van der Waals surface area contributed by atoms with Crippen LogP contribution in [-0.2, 0) is 9.59 Å². The van der Waals surface area contributed by atoms with Gasteiger partial charge in [0.1, 0.15) is 6.04 Å². The Morgan fingerprint density at radius 3 is 2.62 bits per heavy atom. The summed E-state index contributed by atoms with van der Waals surface area (Å²) in [7, 11) is 0. The smallest absolute Gasteiger partial charge is 0.243 e. The van der Waals surface area contributed by atoms with Crippen molar-refractivity contribution < 1.29 is 9.59 Å². The summed E-state index contributed by atoms with van der Waals surface area (Å²) >= 11 is 1.62. The summed E-state index contributed by atoms with van der Waals surface area (Å²) in [6, 6.07) is 10.1. The highest BCUT2D eigenvalue weighted by Gasteiger charge is 2.33. The van der Waals surface area contributed by atoms with Crippen molar-refractivity contribution in [1.29, 1.82) is 0 Å². The maximum Gasteiger partial charge on any atom is 0.243 e. The lowest BCUT2D eigenvalue weighted by atomic mass is 10.0. The molecule has 1 aliphatic rings. The van der Waals surface area contributed by atoms with Crippen molar-refractivity contribution in [2.75, 3.05) is 18.2 Å². The van der Waals surface area contributed by atoms with E-state index in [2.05, 4.69) is 43.5 Å². The number of nitrogens with zero attached hydrogens (tertiary/aromatic N) is 1. The average molecular weight is 350 g/mol. The third-order valence-corrected chi connectivity index (χ3v) is 5.21. The summed E-state index contributed by atoms with van der Waals surface area (Å²) in [6.07, 6.45) is 0. The molecule has 1 aliphatic heterocycles. The summed E-state index contributed by atoms with van der Waals surface area (Å²) in [6.45, 7) is 8.27. The Morgan fingerprint density at radius 1 is 1.33 bits per heavy atom. The molecule has 1 aromatic rings. The summed E-state index contributed by atoms with van der Waals surface area (Å²) in [5.41, 5.74) is 0.962. The number of carbonyl (C=O) groups is 2. The number of benzene rings is 1. The molecular formula is C18H27N3O2S. The first-order chi connectivity index (χ1) is 11.3. The molecule has 2 rings (SSSR count). The van der Waals surface area contributed by atoms with Gasteiger partial charge in [0.05, 0.1) is 5.88 Å². The fourth-order valence-electron chi connectivity index (χ4n) is 2.86. The van der Waals surface area contributed by atoms with E-state index in [1.165, 1.54) is 12.5 Å². The van der Waals surface area contributed by atoms with Crippen LogP contribution in [0.5, 0.6) is 0 Å². The zero-order chi connectivity index (χ0) is 17.7. The lowest BCUT2D eigenvalue weighted by Crippen LogP contribution is -2.54. The van der Waals surface area contributed by atoms with Crippen molar-refractivity contribution >= 4 is 23.6 Å². The molecule has 132 valence electrons. The lowest BCUT2D eigenvalue weighted by Gasteiger charge is -2.32. The molecule has 0 aliphatic carbocycles. The number of rotatable bonds is 6. The Hall–Kier alpha value is -1.53. The molecule has 5 nitrogen and oxygen atoms in total. The van der Waals surface area contributed by atoms with E-state index in [1.54, 1.807) is 16.7 Å². The lowest BCUT2D eigenvalue weighted by molar-refractivity contribution is -0.136. The van der Waals surface area contributed by atoms with E-state index < -0.39 is 0 Å². The third-order valence-electron chi connectivity index (χ3n) is 4.20. The number of amides is 2. The maximum absolute atomic E-state index is 12.4. The van der Waals surface area contributed by atoms with Gasteiger partial charge in [-0.1, -0.05) is 30.3 Å². The largest absolute Gasteiger partial charge is 0.352 e. The van der Waals surface area contributed by atoms with Gasteiger partial charge in [-0.25, -0.2) is 0 Å². The molecule has 0 aromatic heterocycles. The standard InChI is InChI=1S/C18H27N3O2S/c1-13(15-8-6-5-7-9-15)20-18(3,4)11-19-17(23)16-10-24-12-21(16)14(2)22/h5-9,13,16,20H,10-12H2,1-4H3,(H,19,23)/t13-,16-/m1/s1. The van der Waals surface area contributed by atoms with E-state index in [4.69, 9.17) is 0 Å². The van der Waals surface area contributed by atoms with Gasteiger partial charge >= 0.3 is 0 Å². The van der Waals surface area contributed by atoms with E-state index in [-0.39, 0.29) is 29.4 Å². The Morgan fingerprint density at radius 2 is 2.00 bits per heavy atom. The molecule has 0 bridgehead atoms. The zero-order valence-electron chi connectivity index (χ0n) is 14.8. The molecule has 1 heterocycles. The van der Waals surface area contributed by atoms with Crippen molar-refractivity contribution in [2.45, 2.75) is 45.3 Å². The van der Waals surface area contributed by atoms with E-state index in [9.17, 15) is 9.59 Å². The fraction of sp³-hybridized carbons (Fsp3) is 0.556. The first kappa shape index (κ1) is 18.8. The minimum absolute atomic E-state index is 0.0461. The Kier molecular flexibility index (Phi) is 6.29. The number of carbonyl (C=O) groups excluding carboxylic acids is 2. The molecule has 1 saturated heterocycles. The van der Waals surface area contributed by atoms with E-state index in [0.717, 1.165) is 0 Å². The predicted octanol–water partition coefficient (Wildman–Crippen LogP) is 2.15. The van der Waals surface area contributed by atoms with E-state index in [0.29, 0.717) is 18.2 Å². The van der Waals surface area contributed by atoms with Crippen LogP contribution < -0.4 is 10.6 Å². The molecule has 2 amide bonds. The second-order valence-corrected chi connectivity index (χ2v) is 7.88. The van der Waals surface area contributed by atoms with Crippen LogP contribution in [0.2, 0.25) is 0 Å². The summed E-state index contributed by atoms with van der Waals surface area (Å²) < 4.78 is 0. The summed E-state index contributed by atoms with van der Waals surface area (Å²) in [5.74, 6) is 1.15. The topological polar surface area (TPSA) is 61.4 Å². The molecule has 0 saturated carbocycles. The van der Waals surface area contributed by atoms with Crippen LogP contribution >= 0.6 is 11.8 Å². The van der Waals surface area contributed by atoms with Gasteiger partial charge < -0.3 is 15.5 Å². The van der Waals surface area contributed by atoms with Crippen LogP contribution in [0, 0.1) is 0 Å². The second kappa shape index (κ2) is 8.03. The van der Waals surface area contributed by atoms with Crippen LogP contribution in [0.4, 0.5) is 0 Å². The molecule has 0 radical (unpaired) electrons. The molecule has 1 fully saturated rings. The van der Waals surface area contributed by atoms with Crippen LogP contribution in [0.15, 0.2) is 30.3 Å². The molecule has 2 atom stereocenters. The maximum atomic E-state index is 12.4. The molecule has 24 heavy (non-hydrogen) atoms. The number of hydrogen-bond acceptors (Lipinski definition) is 4. The first-order valence-corrected chi connectivity index (χ1v) is 9.41. The molecule has 1 aromatic carbocycles. The zero-order valence-corrected chi connectivity index (χ0v) is 15.7. The molecule has 0 spiro atoms. The van der Waals surface area contributed by atoms with Crippen LogP contribution in [-0.4, -0.2) is 46.5 Å². The summed E-state index contributed by atoms with van der Waals surface area (Å²) in [4.78, 5) is 25.6. The second-order valence-electron chi connectivity index (χ2n) is 6.88. The Bertz CT molecular complexity index is 577.